The van der Waals surface area contributed by atoms with Crippen LogP contribution < -0.4 is 10.6 Å². The molecular formula is C17H20N4O2. The molecule has 0 aromatic carbocycles. The van der Waals surface area contributed by atoms with Crippen molar-refractivity contribution in [2.45, 2.75) is 37.3 Å². The second-order valence-corrected chi connectivity index (χ2v) is 5.90. The number of pyridine rings is 2. The summed E-state index contributed by atoms with van der Waals surface area (Å²) in [6, 6.07) is 10.8. The average molecular weight is 312 g/mol. The molecule has 1 unspecified atom stereocenters. The lowest BCUT2D eigenvalue weighted by Crippen LogP contribution is -2.58. The maximum atomic E-state index is 12.3. The fourth-order valence-corrected chi connectivity index (χ4v) is 3.32. The number of rotatable bonds is 4. The van der Waals surface area contributed by atoms with Gasteiger partial charge >= 0.3 is 5.97 Å². The molecule has 6 nitrogen and oxygen atoms in total. The first-order valence-electron chi connectivity index (χ1n) is 7.75. The minimum absolute atomic E-state index is 0.144. The van der Waals surface area contributed by atoms with Gasteiger partial charge in [-0.15, -0.1) is 0 Å². The topological polar surface area (TPSA) is 92.3 Å². The third-order valence-corrected chi connectivity index (χ3v) is 4.35. The maximum Gasteiger partial charge on any atom is 0.330 e. The monoisotopic (exact) mass is 312 g/mol. The largest absolute Gasteiger partial charge is 0.479 e. The van der Waals surface area contributed by atoms with Crippen LogP contribution >= 0.6 is 0 Å². The highest BCUT2D eigenvalue weighted by molar-refractivity contribution is 5.86. The van der Waals surface area contributed by atoms with Crippen LogP contribution in [0.2, 0.25) is 0 Å². The smallest absolute Gasteiger partial charge is 0.330 e. The molecule has 2 atom stereocenters. The van der Waals surface area contributed by atoms with E-state index in [1.807, 2.05) is 12.1 Å². The summed E-state index contributed by atoms with van der Waals surface area (Å²) < 4.78 is 0. The molecule has 3 rings (SSSR count). The quantitative estimate of drug-likeness (QED) is 0.900. The predicted octanol–water partition coefficient (Wildman–Crippen LogP) is 2.34. The number of carbonyl (C=O) groups is 1. The highest BCUT2D eigenvalue weighted by atomic mass is 16.4. The van der Waals surface area contributed by atoms with E-state index in [4.69, 9.17) is 5.73 Å². The summed E-state index contributed by atoms with van der Waals surface area (Å²) in [5.41, 5.74) is 4.99. The molecule has 1 aliphatic carbocycles. The van der Waals surface area contributed by atoms with Crippen molar-refractivity contribution in [3.8, 4) is 0 Å². The van der Waals surface area contributed by atoms with Crippen molar-refractivity contribution >= 4 is 17.6 Å². The van der Waals surface area contributed by atoms with Gasteiger partial charge in [0.1, 0.15) is 17.2 Å². The second kappa shape index (κ2) is 6.34. The van der Waals surface area contributed by atoms with E-state index >= 15 is 0 Å². The molecule has 2 aromatic rings. The van der Waals surface area contributed by atoms with Crippen LogP contribution in [0.25, 0.3) is 0 Å². The van der Waals surface area contributed by atoms with Gasteiger partial charge in [-0.2, -0.15) is 0 Å². The summed E-state index contributed by atoms with van der Waals surface area (Å²) >= 11 is 0. The fraction of sp³-hybridized carbons (Fsp3) is 0.353. The Hall–Kier alpha value is -2.47. The number of carboxylic acids is 1. The van der Waals surface area contributed by atoms with Crippen molar-refractivity contribution in [2.75, 3.05) is 4.90 Å². The van der Waals surface area contributed by atoms with Gasteiger partial charge in [0, 0.05) is 18.4 Å². The molecule has 2 heterocycles. The van der Waals surface area contributed by atoms with E-state index in [1.165, 1.54) is 0 Å². The summed E-state index contributed by atoms with van der Waals surface area (Å²) in [5.74, 6) is 0.259. The molecule has 0 bridgehead atoms. The van der Waals surface area contributed by atoms with Gasteiger partial charge in [-0.25, -0.2) is 14.8 Å². The van der Waals surface area contributed by atoms with Crippen molar-refractivity contribution in [1.82, 2.24) is 9.97 Å². The summed E-state index contributed by atoms with van der Waals surface area (Å²) in [6.45, 7) is 0. The molecule has 1 fully saturated rings. The number of nitrogens with zero attached hydrogens (tertiary/aromatic N) is 3. The molecule has 1 saturated carbocycles. The van der Waals surface area contributed by atoms with Crippen LogP contribution in [0.1, 0.15) is 25.7 Å². The van der Waals surface area contributed by atoms with E-state index in [2.05, 4.69) is 9.97 Å². The lowest BCUT2D eigenvalue weighted by Gasteiger charge is -2.44. The van der Waals surface area contributed by atoms with E-state index in [0.29, 0.717) is 24.5 Å². The molecule has 1 aliphatic rings. The van der Waals surface area contributed by atoms with Crippen molar-refractivity contribution in [3.63, 3.8) is 0 Å². The number of aromatic nitrogens is 2. The number of carboxylic acid groups (broad SMARTS) is 1. The van der Waals surface area contributed by atoms with Gasteiger partial charge in [-0.05, 0) is 49.9 Å². The summed E-state index contributed by atoms with van der Waals surface area (Å²) in [7, 11) is 0. The van der Waals surface area contributed by atoms with Crippen LogP contribution in [0.3, 0.4) is 0 Å². The van der Waals surface area contributed by atoms with Gasteiger partial charge in [0.25, 0.3) is 0 Å². The minimum Gasteiger partial charge on any atom is -0.479 e. The summed E-state index contributed by atoms with van der Waals surface area (Å²) in [5, 5.41) is 10.0. The Bertz CT molecular complexity index is 625. The van der Waals surface area contributed by atoms with E-state index in [9.17, 15) is 9.90 Å². The van der Waals surface area contributed by atoms with Crippen molar-refractivity contribution in [1.29, 1.82) is 0 Å². The SMILES string of the molecule is NC1CCC[C@@](C(=O)O)(N(c2ccccn2)c2ccccn2)C1. The third-order valence-electron chi connectivity index (χ3n) is 4.35. The average Bonchev–Trinajstić information content (AvgIpc) is 2.57. The van der Waals surface area contributed by atoms with Crippen molar-refractivity contribution in [2.24, 2.45) is 5.73 Å². The third kappa shape index (κ3) is 2.90. The first kappa shape index (κ1) is 15.4. The lowest BCUT2D eigenvalue weighted by molar-refractivity contribution is -0.144. The Labute approximate surface area is 135 Å². The predicted molar refractivity (Wildman–Crippen MR) is 87.4 cm³/mol. The molecule has 0 amide bonds. The first-order valence-corrected chi connectivity index (χ1v) is 7.75. The highest BCUT2D eigenvalue weighted by Crippen LogP contribution is 2.40. The molecule has 120 valence electrons. The Morgan fingerprint density at radius 2 is 1.78 bits per heavy atom. The van der Waals surface area contributed by atoms with Gasteiger partial charge in [0.05, 0.1) is 0 Å². The van der Waals surface area contributed by atoms with Crippen molar-refractivity contribution < 1.29 is 9.90 Å². The van der Waals surface area contributed by atoms with Crippen LogP contribution in [-0.2, 0) is 4.79 Å². The molecular weight excluding hydrogens is 292 g/mol. The summed E-state index contributed by atoms with van der Waals surface area (Å²) in [6.07, 6.45) is 5.81. The van der Waals surface area contributed by atoms with Crippen molar-refractivity contribution in [3.05, 3.63) is 48.8 Å². The van der Waals surface area contributed by atoms with Gasteiger partial charge in [-0.3, -0.25) is 4.90 Å². The van der Waals surface area contributed by atoms with Crippen LogP contribution in [0, 0.1) is 0 Å². The van der Waals surface area contributed by atoms with E-state index in [1.54, 1.807) is 41.6 Å². The van der Waals surface area contributed by atoms with E-state index < -0.39 is 11.5 Å². The molecule has 6 heteroatoms. The molecule has 0 aliphatic heterocycles. The number of anilines is 2. The number of hydrogen-bond donors (Lipinski definition) is 2. The Morgan fingerprint density at radius 1 is 1.17 bits per heavy atom. The Kier molecular flexibility index (Phi) is 4.25. The molecule has 0 spiro atoms. The normalized spacial score (nSPS) is 24.1. The Balaban J connectivity index is 2.15. The zero-order valence-electron chi connectivity index (χ0n) is 12.8. The molecule has 2 aromatic heterocycles. The molecule has 0 radical (unpaired) electrons. The van der Waals surface area contributed by atoms with Crippen LogP contribution in [0.5, 0.6) is 0 Å². The lowest BCUT2D eigenvalue weighted by atomic mass is 9.77. The first-order chi connectivity index (χ1) is 11.1. The van der Waals surface area contributed by atoms with E-state index in [0.717, 1.165) is 12.8 Å². The second-order valence-electron chi connectivity index (χ2n) is 5.90. The zero-order valence-corrected chi connectivity index (χ0v) is 12.8. The van der Waals surface area contributed by atoms with Crippen LogP contribution in [-0.4, -0.2) is 32.6 Å². The summed E-state index contributed by atoms with van der Waals surface area (Å²) in [4.78, 5) is 22.7. The number of hydrogen-bond acceptors (Lipinski definition) is 5. The van der Waals surface area contributed by atoms with Crippen LogP contribution in [0.4, 0.5) is 11.6 Å². The van der Waals surface area contributed by atoms with Gasteiger partial charge in [0.2, 0.25) is 0 Å². The molecule has 3 N–H and O–H groups in total. The van der Waals surface area contributed by atoms with Gasteiger partial charge < -0.3 is 10.8 Å². The number of aliphatic carboxylic acids is 1. The van der Waals surface area contributed by atoms with E-state index in [-0.39, 0.29) is 6.04 Å². The zero-order chi connectivity index (χ0) is 16.3. The van der Waals surface area contributed by atoms with Gasteiger partial charge in [0.15, 0.2) is 0 Å². The molecule has 0 saturated heterocycles. The maximum absolute atomic E-state index is 12.3. The number of nitrogens with two attached hydrogens (primary N) is 1. The minimum atomic E-state index is -1.12. The molecule has 23 heavy (non-hydrogen) atoms. The Morgan fingerprint density at radius 3 is 2.22 bits per heavy atom. The standard InChI is InChI=1S/C17H20N4O2/c18-13-6-5-9-17(12-13,16(22)23)21(14-7-1-3-10-19-14)15-8-2-4-11-20-15/h1-4,7-8,10-11,13H,5-6,9,12,18H2,(H,22,23)/t13?,17-/m1/s1. The fourth-order valence-electron chi connectivity index (χ4n) is 3.32. The highest BCUT2D eigenvalue weighted by Gasteiger charge is 2.49. The van der Waals surface area contributed by atoms with Crippen LogP contribution in [0.15, 0.2) is 48.8 Å². The van der Waals surface area contributed by atoms with Gasteiger partial charge in [-0.1, -0.05) is 12.1 Å².